The molecular formula is C13H18N2O2. The molecule has 0 atom stereocenters. The van der Waals surface area contributed by atoms with Crippen LogP contribution in [0.3, 0.4) is 0 Å². The molecule has 0 fully saturated rings. The van der Waals surface area contributed by atoms with Crippen LogP contribution in [0.5, 0.6) is 0 Å². The molecule has 0 aliphatic carbocycles. The summed E-state index contributed by atoms with van der Waals surface area (Å²) in [6.07, 6.45) is 4.08. The lowest BCUT2D eigenvalue weighted by Crippen LogP contribution is -2.26. The fourth-order valence-corrected chi connectivity index (χ4v) is 1.56. The van der Waals surface area contributed by atoms with Gasteiger partial charge in [-0.3, -0.25) is 9.59 Å². The van der Waals surface area contributed by atoms with Gasteiger partial charge in [0.05, 0.1) is 0 Å². The molecule has 0 aromatic carbocycles. The molecule has 1 aromatic rings. The van der Waals surface area contributed by atoms with Gasteiger partial charge in [-0.15, -0.1) is 0 Å². The lowest BCUT2D eigenvalue weighted by Gasteiger charge is -2.06. The van der Waals surface area contributed by atoms with Gasteiger partial charge >= 0.3 is 0 Å². The number of aryl methyl sites for hydroxylation is 2. The van der Waals surface area contributed by atoms with E-state index < -0.39 is 0 Å². The molecule has 0 bridgehead atoms. The first-order valence-electron chi connectivity index (χ1n) is 5.68. The number of aromatic nitrogens is 1. The van der Waals surface area contributed by atoms with E-state index in [1.54, 1.807) is 6.08 Å². The maximum absolute atomic E-state index is 11.7. The summed E-state index contributed by atoms with van der Waals surface area (Å²) in [5.41, 5.74) is 2.19. The first kappa shape index (κ1) is 13.2. The Bertz CT molecular complexity index is 487. The number of aromatic amines is 1. The van der Waals surface area contributed by atoms with Gasteiger partial charge in [0.15, 0.2) is 0 Å². The largest absolute Gasteiger partial charge is 0.348 e. The average molecular weight is 234 g/mol. The van der Waals surface area contributed by atoms with Crippen LogP contribution in [0.1, 0.15) is 30.2 Å². The fourth-order valence-electron chi connectivity index (χ4n) is 1.56. The smallest absolute Gasteiger partial charge is 0.253 e. The van der Waals surface area contributed by atoms with Crippen molar-refractivity contribution in [2.75, 3.05) is 0 Å². The van der Waals surface area contributed by atoms with Gasteiger partial charge in [0.25, 0.3) is 5.56 Å². The highest BCUT2D eigenvalue weighted by molar-refractivity contribution is 5.87. The minimum atomic E-state index is -0.175. The summed E-state index contributed by atoms with van der Waals surface area (Å²) in [7, 11) is 0. The zero-order valence-electron chi connectivity index (χ0n) is 10.5. The van der Waals surface area contributed by atoms with Crippen molar-refractivity contribution in [2.24, 2.45) is 0 Å². The summed E-state index contributed by atoms with van der Waals surface area (Å²) in [5.74, 6) is -0.175. The lowest BCUT2D eigenvalue weighted by atomic mass is 10.1. The van der Waals surface area contributed by atoms with Gasteiger partial charge in [-0.1, -0.05) is 13.0 Å². The summed E-state index contributed by atoms with van der Waals surface area (Å²) >= 11 is 0. The van der Waals surface area contributed by atoms with Crippen LogP contribution >= 0.6 is 0 Å². The Morgan fingerprint density at radius 2 is 2.18 bits per heavy atom. The molecule has 0 radical (unpaired) electrons. The van der Waals surface area contributed by atoms with Crippen molar-refractivity contribution in [3.63, 3.8) is 0 Å². The molecule has 0 aliphatic heterocycles. The van der Waals surface area contributed by atoms with Gasteiger partial charge in [-0.25, -0.2) is 0 Å². The summed E-state index contributed by atoms with van der Waals surface area (Å²) < 4.78 is 0. The van der Waals surface area contributed by atoms with Gasteiger partial charge in [0, 0.05) is 17.8 Å². The van der Waals surface area contributed by atoms with Gasteiger partial charge < -0.3 is 10.3 Å². The summed E-state index contributed by atoms with van der Waals surface area (Å²) in [6, 6.07) is 1.89. The quantitative estimate of drug-likeness (QED) is 0.777. The Balaban J connectivity index is 2.73. The fraction of sp³-hybridized carbons (Fsp3) is 0.385. The average Bonchev–Trinajstić information content (AvgIpc) is 2.24. The van der Waals surface area contributed by atoms with E-state index in [4.69, 9.17) is 0 Å². The molecular weight excluding hydrogens is 216 g/mol. The highest BCUT2D eigenvalue weighted by Crippen LogP contribution is 2.02. The highest BCUT2D eigenvalue weighted by Gasteiger charge is 2.05. The zero-order chi connectivity index (χ0) is 12.8. The third-order valence-electron chi connectivity index (χ3n) is 2.44. The van der Waals surface area contributed by atoms with Crippen molar-refractivity contribution >= 4 is 5.91 Å². The summed E-state index contributed by atoms with van der Waals surface area (Å²) in [4.78, 5) is 25.7. The van der Waals surface area contributed by atoms with Crippen molar-refractivity contribution in [3.05, 3.63) is 45.4 Å². The number of amides is 1. The van der Waals surface area contributed by atoms with Gasteiger partial charge in [0.1, 0.15) is 0 Å². The predicted molar refractivity (Wildman–Crippen MR) is 67.8 cm³/mol. The Kier molecular flexibility index (Phi) is 4.69. The zero-order valence-corrected chi connectivity index (χ0v) is 10.5. The highest BCUT2D eigenvalue weighted by atomic mass is 16.1. The van der Waals surface area contributed by atoms with Crippen molar-refractivity contribution in [1.82, 2.24) is 10.3 Å². The molecule has 0 aliphatic rings. The van der Waals surface area contributed by atoms with E-state index in [2.05, 4.69) is 10.3 Å². The molecule has 4 heteroatoms. The molecule has 0 spiro atoms. The minimum Gasteiger partial charge on any atom is -0.348 e. The number of nitrogens with one attached hydrogen (secondary N) is 2. The molecule has 0 unspecified atom stereocenters. The van der Waals surface area contributed by atoms with Crippen LogP contribution in [0.25, 0.3) is 0 Å². The summed E-state index contributed by atoms with van der Waals surface area (Å²) in [6.45, 7) is 5.92. The van der Waals surface area contributed by atoms with Crippen LogP contribution in [-0.2, 0) is 11.3 Å². The van der Waals surface area contributed by atoms with Crippen molar-refractivity contribution in [3.8, 4) is 0 Å². The maximum atomic E-state index is 11.7. The number of rotatable bonds is 4. The van der Waals surface area contributed by atoms with E-state index in [-0.39, 0.29) is 18.0 Å². The molecule has 0 saturated heterocycles. The van der Waals surface area contributed by atoms with Crippen LogP contribution in [0.2, 0.25) is 0 Å². The molecule has 17 heavy (non-hydrogen) atoms. The summed E-state index contributed by atoms with van der Waals surface area (Å²) in [5, 5.41) is 2.69. The Morgan fingerprint density at radius 1 is 1.47 bits per heavy atom. The third kappa shape index (κ3) is 3.90. The molecule has 2 N–H and O–H groups in total. The first-order chi connectivity index (χ1) is 8.04. The Labute approximate surface area is 101 Å². The van der Waals surface area contributed by atoms with Crippen LogP contribution in [0.4, 0.5) is 0 Å². The standard InChI is InChI=1S/C13H18N2O2/c1-4-5-6-12(16)14-8-11-9(2)7-10(3)15-13(11)17/h5-7H,4,8H2,1-3H3,(H,14,16)(H,15,17)/b6-5+. The lowest BCUT2D eigenvalue weighted by molar-refractivity contribution is -0.116. The van der Waals surface area contributed by atoms with E-state index in [1.165, 1.54) is 6.08 Å². The maximum Gasteiger partial charge on any atom is 0.253 e. The van der Waals surface area contributed by atoms with Crippen LogP contribution < -0.4 is 10.9 Å². The van der Waals surface area contributed by atoms with Crippen LogP contribution in [0, 0.1) is 13.8 Å². The predicted octanol–water partition coefficient (Wildman–Crippen LogP) is 1.57. The minimum absolute atomic E-state index is 0.137. The van der Waals surface area contributed by atoms with Gasteiger partial charge in [-0.05, 0) is 38.0 Å². The van der Waals surface area contributed by atoms with E-state index in [9.17, 15) is 9.59 Å². The second kappa shape index (κ2) is 6.03. The normalized spacial score (nSPS) is 10.8. The number of hydrogen-bond donors (Lipinski definition) is 2. The van der Waals surface area contributed by atoms with E-state index >= 15 is 0 Å². The molecule has 1 rings (SSSR count). The van der Waals surface area contributed by atoms with Gasteiger partial charge in [0.2, 0.25) is 5.91 Å². The Hall–Kier alpha value is -1.84. The number of H-pyrrole nitrogens is 1. The molecule has 4 nitrogen and oxygen atoms in total. The SMILES string of the molecule is CC/C=C/C(=O)NCc1c(C)cc(C)[nH]c1=O. The van der Waals surface area contributed by atoms with E-state index in [0.717, 1.165) is 17.7 Å². The molecule has 0 saturated carbocycles. The Morgan fingerprint density at radius 3 is 2.76 bits per heavy atom. The number of allylic oxidation sites excluding steroid dienone is 1. The third-order valence-corrected chi connectivity index (χ3v) is 2.44. The molecule has 1 amide bonds. The molecule has 1 aromatic heterocycles. The number of carbonyl (C=O) groups is 1. The first-order valence-corrected chi connectivity index (χ1v) is 5.68. The van der Waals surface area contributed by atoms with Crippen molar-refractivity contribution in [1.29, 1.82) is 0 Å². The second-order valence-corrected chi connectivity index (χ2v) is 3.97. The molecule has 92 valence electrons. The number of carbonyl (C=O) groups excluding carboxylic acids is 1. The van der Waals surface area contributed by atoms with Crippen molar-refractivity contribution < 1.29 is 4.79 Å². The van der Waals surface area contributed by atoms with Crippen LogP contribution in [0.15, 0.2) is 23.0 Å². The second-order valence-electron chi connectivity index (χ2n) is 3.97. The van der Waals surface area contributed by atoms with Gasteiger partial charge in [-0.2, -0.15) is 0 Å². The number of pyridine rings is 1. The number of hydrogen-bond acceptors (Lipinski definition) is 2. The van der Waals surface area contributed by atoms with E-state index in [0.29, 0.717) is 5.56 Å². The van der Waals surface area contributed by atoms with Crippen LogP contribution in [-0.4, -0.2) is 10.9 Å². The monoisotopic (exact) mass is 234 g/mol. The topological polar surface area (TPSA) is 62.0 Å². The molecule has 1 heterocycles. The van der Waals surface area contributed by atoms with E-state index in [1.807, 2.05) is 26.8 Å². The van der Waals surface area contributed by atoms with Crippen molar-refractivity contribution in [2.45, 2.75) is 33.7 Å².